The predicted octanol–water partition coefficient (Wildman–Crippen LogP) is 6.56. The number of carbonyl (C=O) groups is 4. The number of amides is 4. The molecule has 0 fully saturated rings. The number of aryl methyl sites for hydroxylation is 2. The van der Waals surface area contributed by atoms with Crippen molar-refractivity contribution in [2.45, 2.75) is 13.8 Å². The lowest BCUT2D eigenvalue weighted by Crippen LogP contribution is -2.38. The third-order valence-corrected chi connectivity index (χ3v) is 11.9. The van der Waals surface area contributed by atoms with Crippen LogP contribution < -0.4 is 9.80 Å². The molecule has 0 atom stereocenters. The van der Waals surface area contributed by atoms with Gasteiger partial charge in [-0.05, 0) is 121 Å². The van der Waals surface area contributed by atoms with Gasteiger partial charge < -0.3 is 0 Å². The summed E-state index contributed by atoms with van der Waals surface area (Å²) >= 11 is 4.36. The summed E-state index contributed by atoms with van der Waals surface area (Å²) in [6.45, 7) is 3.53. The number of imide groups is 2. The van der Waals surface area contributed by atoms with Gasteiger partial charge in [-0.25, -0.2) is 29.7 Å². The first-order chi connectivity index (χ1) is 29.3. The van der Waals surface area contributed by atoms with Crippen LogP contribution in [0.25, 0.3) is 40.9 Å². The molecule has 6 heterocycles. The molecule has 0 unspecified atom stereocenters. The molecule has 0 saturated heterocycles. The van der Waals surface area contributed by atoms with Gasteiger partial charge in [0.25, 0.3) is 23.6 Å². The second kappa shape index (κ2) is 16.1. The monoisotopic (exact) mass is 866 g/mol. The third-order valence-electron chi connectivity index (χ3n) is 8.80. The number of carbonyl (C=O) groups excluding carboxylic acids is 4. The quantitative estimate of drug-likeness (QED) is 0.161. The average molecular weight is 867 g/mol. The van der Waals surface area contributed by atoms with E-state index in [2.05, 4.69) is 58.3 Å². The minimum atomic E-state index is -0.559. The Morgan fingerprint density at radius 1 is 0.417 bits per heavy atom. The topological polar surface area (TPSA) is 229 Å². The summed E-state index contributed by atoms with van der Waals surface area (Å²) in [6.07, 6.45) is 3.02. The molecule has 0 spiro atoms. The van der Waals surface area contributed by atoms with Crippen molar-refractivity contribution < 1.29 is 19.2 Å². The maximum atomic E-state index is 13.6. The molecule has 6 aromatic heterocycles. The van der Waals surface area contributed by atoms with Crippen molar-refractivity contribution in [3.63, 3.8) is 0 Å². The van der Waals surface area contributed by atoms with Gasteiger partial charge in [0.2, 0.25) is 11.9 Å². The van der Waals surface area contributed by atoms with Crippen molar-refractivity contribution >= 4 is 123 Å². The van der Waals surface area contributed by atoms with Crippen molar-refractivity contribution in [3.05, 3.63) is 131 Å². The lowest BCUT2D eigenvalue weighted by molar-refractivity contribution is 0.0881. The molecule has 0 saturated carbocycles. The third kappa shape index (κ3) is 7.08. The van der Waals surface area contributed by atoms with Crippen LogP contribution in [0.2, 0.25) is 0 Å². The maximum absolute atomic E-state index is 13.6. The smallest absolute Gasteiger partial charge is 0.268 e. The fourth-order valence-electron chi connectivity index (χ4n) is 6.01. The molecule has 0 N–H and O–H groups in total. The zero-order valence-electron chi connectivity index (χ0n) is 30.8. The van der Waals surface area contributed by atoms with E-state index >= 15 is 0 Å². The SMILES string of the molecule is Cc1ccnc(N(C(=O)c2cccc3nnsc23)C(=O)c2cccc3nnsc23)n1.Cc1ccnc(N(C(=O)c2cccc3nnsc23)C(=O)c2cccc3nnsc23)n1. The molecular formula is C38H22N14O4S4. The summed E-state index contributed by atoms with van der Waals surface area (Å²) in [6, 6.07) is 23.8. The summed E-state index contributed by atoms with van der Waals surface area (Å²) in [5, 5.41) is 16.0. The first-order valence-corrected chi connectivity index (χ1v) is 20.6. The van der Waals surface area contributed by atoms with E-state index in [1.54, 1.807) is 98.8 Å². The van der Waals surface area contributed by atoms with E-state index in [1.165, 1.54) is 12.4 Å². The van der Waals surface area contributed by atoms with Crippen LogP contribution in [0.1, 0.15) is 52.8 Å². The molecular weight excluding hydrogens is 845 g/mol. The molecule has 0 aliphatic heterocycles. The normalized spacial score (nSPS) is 11.1. The molecule has 4 amide bonds. The number of hydrogen-bond acceptors (Lipinski definition) is 20. The largest absolute Gasteiger partial charge is 0.269 e. The van der Waals surface area contributed by atoms with Gasteiger partial charge >= 0.3 is 0 Å². The van der Waals surface area contributed by atoms with Crippen molar-refractivity contribution in [1.29, 1.82) is 0 Å². The molecule has 10 rings (SSSR count). The summed E-state index contributed by atoms with van der Waals surface area (Å²) in [5.41, 5.74) is 4.78. The van der Waals surface area contributed by atoms with E-state index in [4.69, 9.17) is 0 Å². The Balaban J connectivity index is 0.000000154. The second-order valence-electron chi connectivity index (χ2n) is 12.6. The van der Waals surface area contributed by atoms with Gasteiger partial charge in [-0.15, -0.1) is 20.4 Å². The number of fused-ring (bicyclic) bond motifs is 4. The van der Waals surface area contributed by atoms with Crippen molar-refractivity contribution in [3.8, 4) is 0 Å². The summed E-state index contributed by atoms with van der Waals surface area (Å²) in [7, 11) is 0. The van der Waals surface area contributed by atoms with E-state index in [0.717, 1.165) is 55.9 Å². The molecule has 0 aliphatic rings. The van der Waals surface area contributed by atoms with Crippen LogP contribution in [-0.4, -0.2) is 81.9 Å². The van der Waals surface area contributed by atoms with Crippen LogP contribution in [0, 0.1) is 13.8 Å². The Labute approximate surface area is 352 Å². The molecule has 0 aliphatic carbocycles. The predicted molar refractivity (Wildman–Crippen MR) is 225 cm³/mol. The highest BCUT2D eigenvalue weighted by atomic mass is 32.1. The van der Waals surface area contributed by atoms with Crippen LogP contribution in [0.4, 0.5) is 11.9 Å². The summed E-state index contributed by atoms with van der Waals surface area (Å²) < 4.78 is 18.0. The van der Waals surface area contributed by atoms with Gasteiger partial charge in [0.05, 0.1) is 41.1 Å². The van der Waals surface area contributed by atoms with Gasteiger partial charge in [-0.3, -0.25) is 19.2 Å². The van der Waals surface area contributed by atoms with Crippen LogP contribution in [0.5, 0.6) is 0 Å². The lowest BCUT2D eigenvalue weighted by Gasteiger charge is -2.19. The van der Waals surface area contributed by atoms with Crippen molar-refractivity contribution in [2.75, 3.05) is 9.80 Å². The van der Waals surface area contributed by atoms with Gasteiger partial charge in [0.1, 0.15) is 22.1 Å². The maximum Gasteiger partial charge on any atom is 0.269 e. The fraction of sp³-hybridized carbons (Fsp3) is 0.0526. The highest BCUT2D eigenvalue weighted by Gasteiger charge is 2.33. The zero-order chi connectivity index (χ0) is 41.3. The number of hydrogen-bond donors (Lipinski definition) is 0. The van der Waals surface area contributed by atoms with Gasteiger partial charge in [-0.2, -0.15) is 0 Å². The molecule has 0 radical (unpaired) electrons. The molecule has 0 bridgehead atoms. The standard InChI is InChI=1S/2C19H11N7O2S2/c2*1-10-8-9-20-19(21-10)26(17(27)11-4-2-6-13-15(11)29-24-22-13)18(28)12-5-3-7-14-16(12)30-25-23-14/h2*2-9H,1H3. The average Bonchev–Trinajstić information content (AvgIpc) is 4.11. The fourth-order valence-corrected chi connectivity index (χ4v) is 8.68. The second-order valence-corrected chi connectivity index (χ2v) is 15.6. The van der Waals surface area contributed by atoms with Crippen LogP contribution in [0.15, 0.2) is 97.3 Å². The lowest BCUT2D eigenvalue weighted by atomic mass is 10.1. The molecule has 60 heavy (non-hydrogen) atoms. The van der Waals surface area contributed by atoms with E-state index in [0.29, 0.717) is 74.5 Å². The number of rotatable bonds is 6. The molecule has 18 nitrogen and oxygen atoms in total. The first kappa shape index (κ1) is 38.1. The van der Waals surface area contributed by atoms with E-state index < -0.39 is 23.6 Å². The molecule has 10 aromatic rings. The van der Waals surface area contributed by atoms with Crippen molar-refractivity contribution in [1.82, 2.24) is 58.3 Å². The highest BCUT2D eigenvalue weighted by Crippen LogP contribution is 2.29. The van der Waals surface area contributed by atoms with Crippen LogP contribution >= 0.6 is 46.1 Å². The van der Waals surface area contributed by atoms with Crippen molar-refractivity contribution in [2.24, 2.45) is 0 Å². The van der Waals surface area contributed by atoms with Crippen LogP contribution in [0.3, 0.4) is 0 Å². The number of benzene rings is 4. The zero-order valence-corrected chi connectivity index (χ0v) is 34.0. The van der Waals surface area contributed by atoms with Gasteiger partial charge in [0, 0.05) is 23.8 Å². The Morgan fingerprint density at radius 2 is 0.700 bits per heavy atom. The van der Waals surface area contributed by atoms with Gasteiger partial charge in [-0.1, -0.05) is 42.2 Å². The van der Waals surface area contributed by atoms with E-state index in [1.807, 2.05) is 0 Å². The summed E-state index contributed by atoms with van der Waals surface area (Å²) in [4.78, 5) is 73.4. The Bertz CT molecular complexity index is 2900. The molecule has 292 valence electrons. The number of aromatic nitrogens is 12. The minimum Gasteiger partial charge on any atom is -0.268 e. The Morgan fingerprint density at radius 3 is 0.967 bits per heavy atom. The van der Waals surface area contributed by atoms with E-state index in [-0.39, 0.29) is 11.9 Å². The van der Waals surface area contributed by atoms with Crippen LogP contribution in [-0.2, 0) is 0 Å². The molecule has 4 aromatic carbocycles. The Kier molecular flexibility index (Phi) is 10.2. The van der Waals surface area contributed by atoms with E-state index in [9.17, 15) is 19.2 Å². The highest BCUT2D eigenvalue weighted by molar-refractivity contribution is 7.14. The first-order valence-electron chi connectivity index (χ1n) is 17.5. The van der Waals surface area contributed by atoms with Gasteiger partial charge in [0.15, 0.2) is 0 Å². The number of nitrogens with zero attached hydrogens (tertiary/aromatic N) is 14. The summed E-state index contributed by atoms with van der Waals surface area (Å²) in [5.74, 6) is -2.25. The minimum absolute atomic E-state index is 0.00560. The number of anilines is 2. The Hall–Kier alpha value is -7.40. The molecule has 22 heteroatoms.